The van der Waals surface area contributed by atoms with Crippen LogP contribution in [-0.2, 0) is 11.3 Å². The summed E-state index contributed by atoms with van der Waals surface area (Å²) in [6, 6.07) is 14.2. The van der Waals surface area contributed by atoms with Gasteiger partial charge in [-0.1, -0.05) is 55.1 Å². The van der Waals surface area contributed by atoms with Gasteiger partial charge in [-0.25, -0.2) is 4.79 Å². The van der Waals surface area contributed by atoms with Crippen LogP contribution in [0.5, 0.6) is 5.75 Å². The number of carbonyl (C=O) groups excluding carboxylic acids is 1. The molecule has 0 aliphatic heterocycles. The second-order valence-electron chi connectivity index (χ2n) is 4.01. The third-order valence-corrected chi connectivity index (χ3v) is 2.71. The molecule has 0 aliphatic carbocycles. The Balaban J connectivity index is 2.15. The first kappa shape index (κ1) is 12.9. The summed E-state index contributed by atoms with van der Waals surface area (Å²) >= 11 is 0. The van der Waals surface area contributed by atoms with Crippen LogP contribution in [0.3, 0.4) is 0 Å². The third kappa shape index (κ3) is 3.01. The molecule has 0 saturated carbocycles. The highest BCUT2D eigenvalue weighted by Gasteiger charge is 2.16. The van der Waals surface area contributed by atoms with Crippen LogP contribution in [0.25, 0.3) is 6.08 Å². The van der Waals surface area contributed by atoms with Gasteiger partial charge in [0, 0.05) is 0 Å². The Bertz CT molecular complexity index is 588. The number of hydrogen-bond donors (Lipinski definition) is 1. The lowest BCUT2D eigenvalue weighted by atomic mass is 10.1. The van der Waals surface area contributed by atoms with Crippen molar-refractivity contribution in [3.05, 3.63) is 71.8 Å². The van der Waals surface area contributed by atoms with Gasteiger partial charge in [0.1, 0.15) is 17.9 Å². The van der Waals surface area contributed by atoms with Gasteiger partial charge in [-0.15, -0.1) is 0 Å². The van der Waals surface area contributed by atoms with Gasteiger partial charge in [0.05, 0.1) is 0 Å². The first-order valence-corrected chi connectivity index (χ1v) is 5.88. The highest BCUT2D eigenvalue weighted by Crippen LogP contribution is 2.23. The van der Waals surface area contributed by atoms with E-state index < -0.39 is 5.97 Å². The zero-order valence-corrected chi connectivity index (χ0v) is 10.4. The zero-order chi connectivity index (χ0) is 13.7. The maximum Gasteiger partial charge on any atom is 0.342 e. The van der Waals surface area contributed by atoms with Crippen molar-refractivity contribution in [3.8, 4) is 5.75 Å². The van der Waals surface area contributed by atoms with Crippen molar-refractivity contribution < 1.29 is 14.6 Å². The minimum Gasteiger partial charge on any atom is -0.507 e. The summed E-state index contributed by atoms with van der Waals surface area (Å²) in [5.41, 5.74) is 1.60. The van der Waals surface area contributed by atoms with E-state index in [-0.39, 0.29) is 17.9 Å². The van der Waals surface area contributed by atoms with Gasteiger partial charge in [0.15, 0.2) is 0 Å². The number of hydrogen-bond acceptors (Lipinski definition) is 3. The van der Waals surface area contributed by atoms with Crippen LogP contribution >= 0.6 is 0 Å². The fourth-order valence-electron chi connectivity index (χ4n) is 1.75. The summed E-state index contributed by atoms with van der Waals surface area (Å²) in [6.45, 7) is 3.79. The van der Waals surface area contributed by atoms with E-state index in [1.807, 2.05) is 30.3 Å². The molecule has 0 heterocycles. The van der Waals surface area contributed by atoms with Crippen molar-refractivity contribution in [2.24, 2.45) is 0 Å². The lowest BCUT2D eigenvalue weighted by Crippen LogP contribution is -2.07. The number of phenols is 1. The highest BCUT2D eigenvalue weighted by atomic mass is 16.5. The molecule has 3 nitrogen and oxygen atoms in total. The van der Waals surface area contributed by atoms with Gasteiger partial charge in [0.25, 0.3) is 0 Å². The fraction of sp³-hybridized carbons (Fsp3) is 0.0625. The van der Waals surface area contributed by atoms with E-state index in [0.717, 1.165) is 5.56 Å². The molecule has 0 aromatic heterocycles. The Morgan fingerprint density at radius 2 is 1.89 bits per heavy atom. The van der Waals surface area contributed by atoms with Crippen molar-refractivity contribution in [3.63, 3.8) is 0 Å². The van der Waals surface area contributed by atoms with Crippen LogP contribution in [0.1, 0.15) is 21.5 Å². The summed E-state index contributed by atoms with van der Waals surface area (Å²) in [6.07, 6.45) is 1.51. The molecular formula is C16H14O3. The summed E-state index contributed by atoms with van der Waals surface area (Å²) in [5, 5.41) is 9.74. The third-order valence-electron chi connectivity index (χ3n) is 2.71. The Morgan fingerprint density at radius 3 is 2.58 bits per heavy atom. The van der Waals surface area contributed by atoms with E-state index in [2.05, 4.69) is 6.58 Å². The molecule has 2 rings (SSSR count). The molecule has 0 saturated heterocycles. The maximum atomic E-state index is 12.0. The van der Waals surface area contributed by atoms with Gasteiger partial charge in [0.2, 0.25) is 0 Å². The molecule has 0 bridgehead atoms. The Morgan fingerprint density at radius 1 is 1.16 bits per heavy atom. The van der Waals surface area contributed by atoms with Gasteiger partial charge < -0.3 is 9.84 Å². The fourth-order valence-corrected chi connectivity index (χ4v) is 1.75. The highest BCUT2D eigenvalue weighted by molar-refractivity contribution is 5.96. The lowest BCUT2D eigenvalue weighted by Gasteiger charge is -2.09. The molecule has 0 radical (unpaired) electrons. The standard InChI is InChI=1S/C16H14O3/c1-2-13-9-6-10-14(17)15(13)16(18)19-11-12-7-4-3-5-8-12/h2-10,17H,1,11H2. The molecule has 1 N–H and O–H groups in total. The number of aromatic hydroxyl groups is 1. The Labute approximate surface area is 111 Å². The summed E-state index contributed by atoms with van der Waals surface area (Å²) in [4.78, 5) is 12.0. The Hall–Kier alpha value is -2.55. The van der Waals surface area contributed by atoms with E-state index in [9.17, 15) is 9.90 Å². The van der Waals surface area contributed by atoms with Crippen molar-refractivity contribution >= 4 is 12.0 Å². The quantitative estimate of drug-likeness (QED) is 0.851. The number of esters is 1. The van der Waals surface area contributed by atoms with Crippen LogP contribution in [0.4, 0.5) is 0 Å². The number of phenolic OH excluding ortho intramolecular Hbond substituents is 1. The normalized spacial score (nSPS) is 9.89. The molecule has 0 aliphatic rings. The first-order chi connectivity index (χ1) is 9.22. The predicted octanol–water partition coefficient (Wildman–Crippen LogP) is 3.39. The molecule has 0 spiro atoms. The average molecular weight is 254 g/mol. The van der Waals surface area contributed by atoms with Gasteiger partial charge >= 0.3 is 5.97 Å². The van der Waals surface area contributed by atoms with E-state index in [4.69, 9.17) is 4.74 Å². The SMILES string of the molecule is C=Cc1cccc(O)c1C(=O)OCc1ccccc1. The zero-order valence-electron chi connectivity index (χ0n) is 10.4. The van der Waals surface area contributed by atoms with Crippen LogP contribution in [0, 0.1) is 0 Å². The molecule has 3 heteroatoms. The monoisotopic (exact) mass is 254 g/mol. The molecule has 0 fully saturated rings. The second kappa shape index (κ2) is 5.87. The van der Waals surface area contributed by atoms with E-state index in [1.54, 1.807) is 12.1 Å². The van der Waals surface area contributed by atoms with Crippen molar-refractivity contribution in [2.75, 3.05) is 0 Å². The van der Waals surface area contributed by atoms with Gasteiger partial charge in [-0.05, 0) is 17.2 Å². The first-order valence-electron chi connectivity index (χ1n) is 5.88. The Kier molecular flexibility index (Phi) is 3.98. The van der Waals surface area contributed by atoms with E-state index in [0.29, 0.717) is 5.56 Å². The van der Waals surface area contributed by atoms with E-state index in [1.165, 1.54) is 12.1 Å². The average Bonchev–Trinajstić information content (AvgIpc) is 2.45. The van der Waals surface area contributed by atoms with Crippen LogP contribution < -0.4 is 0 Å². The molecule has 2 aromatic rings. The smallest absolute Gasteiger partial charge is 0.342 e. The molecule has 0 amide bonds. The number of rotatable bonds is 4. The number of benzene rings is 2. The van der Waals surface area contributed by atoms with Crippen molar-refractivity contribution in [2.45, 2.75) is 6.61 Å². The molecule has 2 aromatic carbocycles. The van der Waals surface area contributed by atoms with Gasteiger partial charge in [-0.2, -0.15) is 0 Å². The maximum absolute atomic E-state index is 12.0. The van der Waals surface area contributed by atoms with Crippen LogP contribution in [0.2, 0.25) is 0 Å². The molecule has 0 atom stereocenters. The summed E-state index contributed by atoms with van der Waals surface area (Å²) < 4.78 is 5.19. The predicted molar refractivity (Wildman–Crippen MR) is 73.8 cm³/mol. The largest absolute Gasteiger partial charge is 0.507 e. The molecule has 19 heavy (non-hydrogen) atoms. The minimum absolute atomic E-state index is 0.101. The second-order valence-corrected chi connectivity index (χ2v) is 4.01. The molecular weight excluding hydrogens is 240 g/mol. The van der Waals surface area contributed by atoms with Crippen LogP contribution in [-0.4, -0.2) is 11.1 Å². The number of ether oxygens (including phenoxy) is 1. The van der Waals surface area contributed by atoms with Crippen molar-refractivity contribution in [1.29, 1.82) is 0 Å². The number of carbonyl (C=O) groups is 1. The topological polar surface area (TPSA) is 46.5 Å². The van der Waals surface area contributed by atoms with Crippen molar-refractivity contribution in [1.82, 2.24) is 0 Å². The van der Waals surface area contributed by atoms with Gasteiger partial charge in [-0.3, -0.25) is 0 Å². The van der Waals surface area contributed by atoms with Crippen LogP contribution in [0.15, 0.2) is 55.1 Å². The molecule has 96 valence electrons. The minimum atomic E-state index is -0.558. The summed E-state index contributed by atoms with van der Waals surface area (Å²) in [7, 11) is 0. The molecule has 0 unspecified atom stereocenters. The lowest BCUT2D eigenvalue weighted by molar-refractivity contribution is 0.0469. The summed E-state index contributed by atoms with van der Waals surface area (Å²) in [5.74, 6) is -0.660. The van der Waals surface area contributed by atoms with E-state index >= 15 is 0 Å².